The van der Waals surface area contributed by atoms with Crippen LogP contribution in [0, 0.1) is 5.92 Å². The van der Waals surface area contributed by atoms with Crippen molar-refractivity contribution in [1.82, 2.24) is 5.32 Å². The Balaban J connectivity index is 2.60. The summed E-state index contributed by atoms with van der Waals surface area (Å²) in [5, 5.41) is 3.52. The van der Waals surface area contributed by atoms with Gasteiger partial charge in [0.25, 0.3) is 0 Å². The van der Waals surface area contributed by atoms with Gasteiger partial charge in [-0.05, 0) is 30.3 Å². The van der Waals surface area contributed by atoms with E-state index in [1.807, 2.05) is 11.8 Å². The standard InChI is InChI=1S/C15H26N2S/c1-13(2)11-16-12-14-7-5-6-8-15(14)17(3)9-10-18-4/h5-8,13,16H,9-12H2,1-4H3. The fraction of sp³-hybridized carbons (Fsp3) is 0.600. The molecule has 0 aromatic heterocycles. The van der Waals surface area contributed by atoms with E-state index in [1.54, 1.807) is 0 Å². The van der Waals surface area contributed by atoms with E-state index >= 15 is 0 Å². The predicted octanol–water partition coefficient (Wildman–Crippen LogP) is 3.23. The highest BCUT2D eigenvalue weighted by molar-refractivity contribution is 7.98. The summed E-state index contributed by atoms with van der Waals surface area (Å²) < 4.78 is 0. The fourth-order valence-electron chi connectivity index (χ4n) is 1.88. The lowest BCUT2D eigenvalue weighted by Crippen LogP contribution is -2.24. The molecule has 1 aromatic rings. The summed E-state index contributed by atoms with van der Waals surface area (Å²) in [6, 6.07) is 8.68. The number of para-hydroxylation sites is 1. The Morgan fingerprint density at radius 2 is 2.00 bits per heavy atom. The van der Waals surface area contributed by atoms with Crippen LogP contribution in [-0.2, 0) is 6.54 Å². The molecule has 0 atom stereocenters. The lowest BCUT2D eigenvalue weighted by molar-refractivity contribution is 0.552. The van der Waals surface area contributed by atoms with E-state index in [4.69, 9.17) is 0 Å². The number of rotatable bonds is 8. The average molecular weight is 266 g/mol. The molecule has 0 saturated heterocycles. The molecule has 1 N–H and O–H groups in total. The summed E-state index contributed by atoms with van der Waals surface area (Å²) in [5.41, 5.74) is 2.74. The Bertz CT molecular complexity index is 339. The molecule has 18 heavy (non-hydrogen) atoms. The first kappa shape index (κ1) is 15.4. The number of benzene rings is 1. The number of nitrogens with one attached hydrogen (secondary N) is 1. The Kier molecular flexibility index (Phi) is 7.21. The summed E-state index contributed by atoms with van der Waals surface area (Å²) in [6.07, 6.45) is 2.16. The van der Waals surface area contributed by atoms with E-state index in [9.17, 15) is 0 Å². The zero-order valence-electron chi connectivity index (χ0n) is 12.1. The minimum Gasteiger partial charge on any atom is -0.374 e. The molecule has 102 valence electrons. The largest absolute Gasteiger partial charge is 0.374 e. The van der Waals surface area contributed by atoms with Gasteiger partial charge in [-0.1, -0.05) is 32.0 Å². The SMILES string of the molecule is CSCCN(C)c1ccccc1CNCC(C)C. The quantitative estimate of drug-likeness (QED) is 0.777. The van der Waals surface area contributed by atoms with Crippen LogP contribution in [0.4, 0.5) is 5.69 Å². The van der Waals surface area contributed by atoms with E-state index in [0.29, 0.717) is 5.92 Å². The van der Waals surface area contributed by atoms with Crippen LogP contribution in [-0.4, -0.2) is 32.1 Å². The van der Waals surface area contributed by atoms with Crippen LogP contribution in [0.2, 0.25) is 0 Å². The number of nitrogens with zero attached hydrogens (tertiary/aromatic N) is 1. The normalized spacial score (nSPS) is 10.9. The maximum Gasteiger partial charge on any atom is 0.0409 e. The van der Waals surface area contributed by atoms with E-state index < -0.39 is 0 Å². The zero-order valence-corrected chi connectivity index (χ0v) is 12.9. The van der Waals surface area contributed by atoms with Crippen LogP contribution in [0.15, 0.2) is 24.3 Å². The van der Waals surface area contributed by atoms with Crippen LogP contribution in [0.5, 0.6) is 0 Å². The number of anilines is 1. The highest BCUT2D eigenvalue weighted by atomic mass is 32.2. The minimum absolute atomic E-state index is 0.700. The van der Waals surface area contributed by atoms with Gasteiger partial charge in [-0.2, -0.15) is 11.8 Å². The second-order valence-electron chi connectivity index (χ2n) is 5.07. The third kappa shape index (κ3) is 5.32. The minimum atomic E-state index is 0.700. The van der Waals surface area contributed by atoms with E-state index in [-0.39, 0.29) is 0 Å². The second-order valence-corrected chi connectivity index (χ2v) is 6.05. The van der Waals surface area contributed by atoms with E-state index in [0.717, 1.165) is 19.6 Å². The molecular weight excluding hydrogens is 240 g/mol. The lowest BCUT2D eigenvalue weighted by atomic mass is 10.1. The monoisotopic (exact) mass is 266 g/mol. The summed E-state index contributed by atoms with van der Waals surface area (Å²) in [5.74, 6) is 1.87. The van der Waals surface area contributed by atoms with Gasteiger partial charge in [0.1, 0.15) is 0 Å². The zero-order chi connectivity index (χ0) is 13.4. The Morgan fingerprint density at radius 1 is 1.28 bits per heavy atom. The Labute approximate surface area is 116 Å². The highest BCUT2D eigenvalue weighted by Crippen LogP contribution is 2.19. The summed E-state index contributed by atoms with van der Waals surface area (Å²) in [6.45, 7) is 7.61. The van der Waals surface area contributed by atoms with E-state index in [2.05, 4.69) is 61.6 Å². The molecule has 0 fully saturated rings. The molecule has 0 radical (unpaired) electrons. The third-order valence-electron chi connectivity index (χ3n) is 2.90. The van der Waals surface area contributed by atoms with Gasteiger partial charge in [0, 0.05) is 31.6 Å². The third-order valence-corrected chi connectivity index (χ3v) is 3.49. The smallest absolute Gasteiger partial charge is 0.0409 e. The molecule has 0 aliphatic carbocycles. The predicted molar refractivity (Wildman–Crippen MR) is 84.6 cm³/mol. The summed E-state index contributed by atoms with van der Waals surface area (Å²) in [7, 11) is 2.18. The second kappa shape index (κ2) is 8.44. The van der Waals surface area contributed by atoms with Crippen molar-refractivity contribution in [2.75, 3.05) is 37.0 Å². The maximum absolute atomic E-state index is 3.52. The van der Waals surface area contributed by atoms with Crippen LogP contribution < -0.4 is 10.2 Å². The topological polar surface area (TPSA) is 15.3 Å². The van der Waals surface area contributed by atoms with Gasteiger partial charge in [0.2, 0.25) is 0 Å². The van der Waals surface area contributed by atoms with Crippen molar-refractivity contribution in [3.05, 3.63) is 29.8 Å². The lowest BCUT2D eigenvalue weighted by Gasteiger charge is -2.22. The summed E-state index contributed by atoms with van der Waals surface area (Å²) in [4.78, 5) is 2.35. The molecule has 1 rings (SSSR count). The molecule has 0 heterocycles. The molecular formula is C15H26N2S. The van der Waals surface area contributed by atoms with Gasteiger partial charge < -0.3 is 10.2 Å². The highest BCUT2D eigenvalue weighted by Gasteiger charge is 2.06. The molecule has 0 spiro atoms. The first-order valence-electron chi connectivity index (χ1n) is 6.63. The van der Waals surface area contributed by atoms with Gasteiger partial charge in [0.05, 0.1) is 0 Å². The molecule has 2 nitrogen and oxygen atoms in total. The fourth-order valence-corrected chi connectivity index (χ4v) is 2.33. The molecule has 0 bridgehead atoms. The van der Waals surface area contributed by atoms with Crippen molar-refractivity contribution in [1.29, 1.82) is 0 Å². The van der Waals surface area contributed by atoms with Gasteiger partial charge >= 0.3 is 0 Å². The van der Waals surface area contributed by atoms with Crippen LogP contribution in [0.25, 0.3) is 0 Å². The van der Waals surface area contributed by atoms with Gasteiger partial charge in [-0.15, -0.1) is 0 Å². The van der Waals surface area contributed by atoms with Gasteiger partial charge in [0.15, 0.2) is 0 Å². The maximum atomic E-state index is 3.52. The van der Waals surface area contributed by atoms with Crippen LogP contribution >= 0.6 is 11.8 Å². The first-order chi connectivity index (χ1) is 8.65. The van der Waals surface area contributed by atoms with Crippen LogP contribution in [0.3, 0.4) is 0 Å². The van der Waals surface area contributed by atoms with Crippen LogP contribution in [0.1, 0.15) is 19.4 Å². The number of hydrogen-bond donors (Lipinski definition) is 1. The Hall–Kier alpha value is -0.670. The van der Waals surface area contributed by atoms with Crippen molar-refractivity contribution in [3.8, 4) is 0 Å². The van der Waals surface area contributed by atoms with Gasteiger partial charge in [-0.3, -0.25) is 0 Å². The van der Waals surface area contributed by atoms with E-state index in [1.165, 1.54) is 17.0 Å². The molecule has 0 saturated carbocycles. The summed E-state index contributed by atoms with van der Waals surface area (Å²) >= 11 is 1.89. The molecule has 1 aromatic carbocycles. The van der Waals surface area contributed by atoms with Crippen molar-refractivity contribution in [2.45, 2.75) is 20.4 Å². The van der Waals surface area contributed by atoms with Gasteiger partial charge in [-0.25, -0.2) is 0 Å². The Morgan fingerprint density at radius 3 is 2.67 bits per heavy atom. The average Bonchev–Trinajstić information content (AvgIpc) is 2.36. The molecule has 0 aliphatic rings. The van der Waals surface area contributed by atoms with Crippen molar-refractivity contribution in [2.24, 2.45) is 5.92 Å². The molecule has 0 amide bonds. The number of thioether (sulfide) groups is 1. The molecule has 0 unspecified atom stereocenters. The van der Waals surface area contributed by atoms with Crippen molar-refractivity contribution in [3.63, 3.8) is 0 Å². The van der Waals surface area contributed by atoms with Crippen molar-refractivity contribution >= 4 is 17.4 Å². The molecule has 3 heteroatoms. The van der Waals surface area contributed by atoms with Crippen molar-refractivity contribution < 1.29 is 0 Å². The first-order valence-corrected chi connectivity index (χ1v) is 8.03. The molecule has 0 aliphatic heterocycles. The number of hydrogen-bond acceptors (Lipinski definition) is 3.